The largest absolute Gasteiger partial charge is 0.269 e. The number of benzene rings is 3. The standard InChI is InChI=1S/C29H26Cl2N4S/c1-17-18(2)20(4)26(21(5)19(17)3)16-36-29-34-33-28(35(29)25-9-7-6-8-10-25)23(15-32)13-22-11-12-24(30)14-27(22)31/h6-14H,16H2,1-5H3/b23-13+. The summed E-state index contributed by atoms with van der Waals surface area (Å²) in [5, 5.41) is 20.7. The molecule has 0 radical (unpaired) electrons. The molecule has 0 spiro atoms. The Morgan fingerprint density at radius 3 is 2.17 bits per heavy atom. The van der Waals surface area contributed by atoms with Crippen molar-refractivity contribution in [2.24, 2.45) is 0 Å². The third-order valence-electron chi connectivity index (χ3n) is 6.77. The molecule has 0 saturated heterocycles. The fraction of sp³-hybridized carbons (Fsp3) is 0.207. The number of nitrogens with zero attached hydrogens (tertiary/aromatic N) is 4. The molecule has 1 heterocycles. The number of thioether (sulfide) groups is 1. The lowest BCUT2D eigenvalue weighted by Gasteiger charge is -2.18. The van der Waals surface area contributed by atoms with Gasteiger partial charge < -0.3 is 0 Å². The van der Waals surface area contributed by atoms with Crippen molar-refractivity contribution >= 4 is 46.6 Å². The zero-order valence-corrected chi connectivity index (χ0v) is 23.2. The molecule has 1 aromatic heterocycles. The second kappa shape index (κ2) is 10.9. The molecule has 7 heteroatoms. The molecule has 3 aromatic carbocycles. The lowest BCUT2D eigenvalue weighted by Crippen LogP contribution is -2.04. The fourth-order valence-electron chi connectivity index (χ4n) is 4.20. The van der Waals surface area contributed by atoms with Crippen LogP contribution in [0.25, 0.3) is 17.3 Å². The Morgan fingerprint density at radius 1 is 0.917 bits per heavy atom. The molecule has 36 heavy (non-hydrogen) atoms. The molecule has 0 atom stereocenters. The maximum atomic E-state index is 10.1. The monoisotopic (exact) mass is 532 g/mol. The van der Waals surface area contributed by atoms with Gasteiger partial charge in [-0.25, -0.2) is 0 Å². The average molecular weight is 534 g/mol. The van der Waals surface area contributed by atoms with Gasteiger partial charge in [0.25, 0.3) is 0 Å². The molecule has 4 aromatic rings. The van der Waals surface area contributed by atoms with Crippen molar-refractivity contribution in [3.05, 3.63) is 103 Å². The van der Waals surface area contributed by atoms with Crippen LogP contribution in [-0.4, -0.2) is 14.8 Å². The molecule has 0 aliphatic rings. The summed E-state index contributed by atoms with van der Waals surface area (Å²) >= 11 is 14.0. The number of nitriles is 1. The third-order valence-corrected chi connectivity index (χ3v) is 8.29. The Kier molecular flexibility index (Phi) is 7.90. The number of para-hydroxylation sites is 1. The van der Waals surface area contributed by atoms with Crippen molar-refractivity contribution in [3.8, 4) is 11.8 Å². The van der Waals surface area contributed by atoms with E-state index in [4.69, 9.17) is 23.2 Å². The van der Waals surface area contributed by atoms with E-state index in [9.17, 15) is 5.26 Å². The van der Waals surface area contributed by atoms with Gasteiger partial charge in [0.2, 0.25) is 0 Å². The second-order valence-corrected chi connectivity index (χ2v) is 10.5. The highest BCUT2D eigenvalue weighted by Gasteiger charge is 2.20. The van der Waals surface area contributed by atoms with Gasteiger partial charge in [-0.15, -0.1) is 10.2 Å². The molecule has 182 valence electrons. The van der Waals surface area contributed by atoms with Gasteiger partial charge in [-0.05, 0) is 104 Å². The minimum absolute atomic E-state index is 0.358. The summed E-state index contributed by atoms with van der Waals surface area (Å²) in [6.07, 6.45) is 1.72. The van der Waals surface area contributed by atoms with Gasteiger partial charge in [0.15, 0.2) is 11.0 Å². The second-order valence-electron chi connectivity index (χ2n) is 8.71. The van der Waals surface area contributed by atoms with Gasteiger partial charge in [0.1, 0.15) is 6.07 Å². The summed E-state index contributed by atoms with van der Waals surface area (Å²) < 4.78 is 1.93. The highest BCUT2D eigenvalue weighted by atomic mass is 35.5. The quantitative estimate of drug-likeness (QED) is 0.184. The topological polar surface area (TPSA) is 54.5 Å². The van der Waals surface area contributed by atoms with Crippen LogP contribution in [0.3, 0.4) is 0 Å². The van der Waals surface area contributed by atoms with Crippen molar-refractivity contribution in [1.82, 2.24) is 14.8 Å². The third kappa shape index (κ3) is 5.08. The lowest BCUT2D eigenvalue weighted by molar-refractivity contribution is 0.879. The first kappa shape index (κ1) is 26.0. The predicted octanol–water partition coefficient (Wildman–Crippen LogP) is 8.47. The first-order valence-electron chi connectivity index (χ1n) is 11.5. The molecule has 0 aliphatic carbocycles. The van der Waals surface area contributed by atoms with Crippen molar-refractivity contribution in [2.45, 2.75) is 45.5 Å². The van der Waals surface area contributed by atoms with E-state index < -0.39 is 0 Å². The Hall–Kier alpha value is -3.04. The average Bonchev–Trinajstić information content (AvgIpc) is 3.30. The minimum atomic E-state index is 0.358. The van der Waals surface area contributed by atoms with Crippen molar-refractivity contribution in [3.63, 3.8) is 0 Å². The van der Waals surface area contributed by atoms with Crippen LogP contribution < -0.4 is 0 Å². The van der Waals surface area contributed by atoms with Crippen LogP contribution in [-0.2, 0) is 5.75 Å². The van der Waals surface area contributed by atoms with E-state index in [1.165, 1.54) is 33.4 Å². The Balaban J connectivity index is 1.79. The molecule has 0 saturated carbocycles. The van der Waals surface area contributed by atoms with E-state index in [2.05, 4.69) is 50.9 Å². The van der Waals surface area contributed by atoms with Crippen molar-refractivity contribution < 1.29 is 0 Å². The minimum Gasteiger partial charge on any atom is -0.269 e. The van der Waals surface area contributed by atoms with Gasteiger partial charge >= 0.3 is 0 Å². The van der Waals surface area contributed by atoms with Crippen LogP contribution in [0.5, 0.6) is 0 Å². The molecule has 0 amide bonds. The Labute approximate surface area is 226 Å². The van der Waals surface area contributed by atoms with E-state index in [0.29, 0.717) is 32.2 Å². The van der Waals surface area contributed by atoms with Gasteiger partial charge in [-0.2, -0.15) is 5.26 Å². The summed E-state index contributed by atoms with van der Waals surface area (Å²) in [5.41, 5.74) is 9.86. The molecule has 4 nitrogen and oxygen atoms in total. The van der Waals surface area contributed by atoms with Crippen LogP contribution in [0.4, 0.5) is 0 Å². The van der Waals surface area contributed by atoms with E-state index >= 15 is 0 Å². The highest BCUT2D eigenvalue weighted by Crippen LogP contribution is 2.34. The van der Waals surface area contributed by atoms with Gasteiger partial charge in [-0.3, -0.25) is 4.57 Å². The van der Waals surface area contributed by atoms with Crippen LogP contribution in [0.1, 0.15) is 44.8 Å². The van der Waals surface area contributed by atoms with Crippen LogP contribution in [0.15, 0.2) is 53.7 Å². The first-order chi connectivity index (χ1) is 17.2. The number of rotatable bonds is 6. The Bertz CT molecular complexity index is 1490. The number of halogens is 2. The predicted molar refractivity (Wildman–Crippen MR) is 151 cm³/mol. The summed E-state index contributed by atoms with van der Waals surface area (Å²) in [4.78, 5) is 0. The van der Waals surface area contributed by atoms with Gasteiger partial charge in [0.05, 0.1) is 5.57 Å². The molecule has 0 N–H and O–H groups in total. The first-order valence-corrected chi connectivity index (χ1v) is 13.2. The lowest BCUT2D eigenvalue weighted by atomic mass is 9.90. The van der Waals surface area contributed by atoms with Gasteiger partial charge in [-0.1, -0.05) is 59.2 Å². The van der Waals surface area contributed by atoms with E-state index in [0.717, 1.165) is 11.4 Å². The van der Waals surface area contributed by atoms with E-state index in [1.807, 2.05) is 34.9 Å². The summed E-state index contributed by atoms with van der Waals surface area (Å²) in [7, 11) is 0. The molecule has 0 aliphatic heterocycles. The maximum absolute atomic E-state index is 10.1. The Morgan fingerprint density at radius 2 is 1.56 bits per heavy atom. The molecular formula is C29H26Cl2N4S. The maximum Gasteiger partial charge on any atom is 0.196 e. The van der Waals surface area contributed by atoms with E-state index in [-0.39, 0.29) is 0 Å². The normalized spacial score (nSPS) is 11.6. The number of hydrogen-bond acceptors (Lipinski definition) is 4. The smallest absolute Gasteiger partial charge is 0.196 e. The summed E-state index contributed by atoms with van der Waals surface area (Å²) in [5.74, 6) is 1.21. The molecule has 0 fully saturated rings. The number of hydrogen-bond donors (Lipinski definition) is 0. The molecule has 0 unspecified atom stereocenters. The van der Waals surface area contributed by atoms with Crippen molar-refractivity contribution in [2.75, 3.05) is 0 Å². The fourth-order valence-corrected chi connectivity index (χ4v) is 5.79. The zero-order valence-electron chi connectivity index (χ0n) is 20.9. The molecule has 0 bridgehead atoms. The SMILES string of the molecule is Cc1c(C)c(C)c(CSc2nnc(/C(C#N)=C/c3ccc(Cl)cc3Cl)n2-c2ccccc2)c(C)c1C. The van der Waals surface area contributed by atoms with Crippen molar-refractivity contribution in [1.29, 1.82) is 5.26 Å². The van der Waals surface area contributed by atoms with Crippen LogP contribution >= 0.6 is 35.0 Å². The van der Waals surface area contributed by atoms with E-state index in [1.54, 1.807) is 36.0 Å². The number of aromatic nitrogens is 3. The number of allylic oxidation sites excluding steroid dienone is 1. The van der Waals surface area contributed by atoms with Gasteiger partial charge in [0, 0.05) is 21.5 Å². The highest BCUT2D eigenvalue weighted by molar-refractivity contribution is 7.98. The zero-order chi connectivity index (χ0) is 26.0. The van der Waals surface area contributed by atoms with Crippen LogP contribution in [0.2, 0.25) is 10.0 Å². The van der Waals surface area contributed by atoms with Crippen LogP contribution in [0, 0.1) is 45.9 Å². The molecular weight excluding hydrogens is 507 g/mol. The summed E-state index contributed by atoms with van der Waals surface area (Å²) in [6.45, 7) is 10.9. The summed E-state index contributed by atoms with van der Waals surface area (Å²) in [6, 6.07) is 17.3. The molecule has 4 rings (SSSR count).